The Hall–Kier alpha value is -1.48. The molecule has 0 spiro atoms. The molecule has 0 amide bonds. The third-order valence-electron chi connectivity index (χ3n) is 3.83. The quantitative estimate of drug-likeness (QED) is 0.849. The van der Waals surface area contributed by atoms with Gasteiger partial charge in [-0.25, -0.2) is 4.98 Å². The van der Waals surface area contributed by atoms with Crippen molar-refractivity contribution in [3.05, 3.63) is 51.5 Å². The highest BCUT2D eigenvalue weighted by Crippen LogP contribution is 2.48. The van der Waals surface area contributed by atoms with E-state index in [0.717, 1.165) is 17.1 Å². The fourth-order valence-corrected chi connectivity index (χ4v) is 3.46. The third kappa shape index (κ3) is 2.61. The van der Waals surface area contributed by atoms with Crippen LogP contribution in [0.25, 0.3) is 0 Å². The zero-order chi connectivity index (χ0) is 13.4. The second kappa shape index (κ2) is 4.89. The van der Waals surface area contributed by atoms with E-state index in [-0.39, 0.29) is 5.92 Å². The first kappa shape index (κ1) is 12.5. The number of carbonyl (C=O) groups excluding carboxylic acids is 1. The van der Waals surface area contributed by atoms with Gasteiger partial charge in [-0.2, -0.15) is 0 Å². The molecule has 0 saturated heterocycles. The van der Waals surface area contributed by atoms with Gasteiger partial charge in [-0.3, -0.25) is 4.79 Å². The van der Waals surface area contributed by atoms with Crippen LogP contribution < -0.4 is 0 Å². The van der Waals surface area contributed by atoms with Gasteiger partial charge in [-0.05, 0) is 31.7 Å². The van der Waals surface area contributed by atoms with Crippen LogP contribution in [0.1, 0.15) is 33.5 Å². The smallest absolute Gasteiger partial charge is 0.143 e. The van der Waals surface area contributed by atoms with E-state index in [1.807, 2.05) is 25.1 Å². The first-order valence-corrected chi connectivity index (χ1v) is 7.47. The normalized spacial score (nSPS) is 21.4. The van der Waals surface area contributed by atoms with E-state index in [0.29, 0.717) is 18.1 Å². The summed E-state index contributed by atoms with van der Waals surface area (Å²) >= 11 is 1.65. The zero-order valence-corrected chi connectivity index (χ0v) is 12.0. The van der Waals surface area contributed by atoms with E-state index in [1.54, 1.807) is 11.3 Å². The molecule has 19 heavy (non-hydrogen) atoms. The van der Waals surface area contributed by atoms with Crippen LogP contribution in [0.2, 0.25) is 0 Å². The van der Waals surface area contributed by atoms with Gasteiger partial charge in [0.1, 0.15) is 10.8 Å². The van der Waals surface area contributed by atoms with Crippen molar-refractivity contribution in [2.24, 2.45) is 5.92 Å². The monoisotopic (exact) mass is 271 g/mol. The highest BCUT2D eigenvalue weighted by Gasteiger charge is 2.43. The van der Waals surface area contributed by atoms with Crippen LogP contribution in [0.4, 0.5) is 0 Å². The molecule has 2 nitrogen and oxygen atoms in total. The number of aromatic nitrogens is 1. The van der Waals surface area contributed by atoms with Crippen molar-refractivity contribution in [1.29, 1.82) is 0 Å². The molecule has 1 aromatic carbocycles. The van der Waals surface area contributed by atoms with Gasteiger partial charge in [0, 0.05) is 10.8 Å². The van der Waals surface area contributed by atoms with Gasteiger partial charge in [0.25, 0.3) is 0 Å². The summed E-state index contributed by atoms with van der Waals surface area (Å²) in [6, 6.07) is 10.3. The Kier molecular flexibility index (Phi) is 3.23. The summed E-state index contributed by atoms with van der Waals surface area (Å²) in [4.78, 5) is 17.9. The van der Waals surface area contributed by atoms with Crippen molar-refractivity contribution < 1.29 is 4.79 Å². The number of benzene rings is 1. The van der Waals surface area contributed by atoms with Crippen molar-refractivity contribution in [2.75, 3.05) is 0 Å². The lowest BCUT2D eigenvalue weighted by Gasteiger charge is -1.99. The lowest BCUT2D eigenvalue weighted by Crippen LogP contribution is -2.06. The summed E-state index contributed by atoms with van der Waals surface area (Å²) in [5, 5.41) is 0.971. The van der Waals surface area contributed by atoms with Crippen LogP contribution >= 0.6 is 11.3 Å². The van der Waals surface area contributed by atoms with Crippen molar-refractivity contribution in [2.45, 2.75) is 32.6 Å². The molecule has 1 aromatic heterocycles. The first-order chi connectivity index (χ1) is 9.15. The minimum atomic E-state index is 0.215. The van der Waals surface area contributed by atoms with E-state index in [1.165, 1.54) is 10.4 Å². The molecule has 98 valence electrons. The van der Waals surface area contributed by atoms with Gasteiger partial charge >= 0.3 is 0 Å². The number of rotatable bonds is 4. The first-order valence-electron chi connectivity index (χ1n) is 6.65. The van der Waals surface area contributed by atoms with Gasteiger partial charge in [-0.1, -0.05) is 30.3 Å². The predicted molar refractivity (Wildman–Crippen MR) is 77.6 cm³/mol. The molecule has 0 N–H and O–H groups in total. The molecule has 1 aliphatic rings. The Morgan fingerprint density at radius 1 is 1.32 bits per heavy atom. The molecule has 0 aliphatic heterocycles. The number of thiazole rings is 1. The summed E-state index contributed by atoms with van der Waals surface area (Å²) in [5.74, 6) is 1.00. The Balaban J connectivity index is 1.64. The number of hydrogen-bond acceptors (Lipinski definition) is 3. The number of Topliss-reactive ketones (excluding diaryl/α,β-unsaturated/α-hetero) is 1. The Bertz CT molecular complexity index is 583. The maximum absolute atomic E-state index is 12.2. The number of aryl methyl sites for hydroxylation is 2. The number of carbonyl (C=O) groups is 1. The molecule has 3 rings (SSSR count). The van der Waals surface area contributed by atoms with E-state index >= 15 is 0 Å². The average Bonchev–Trinajstić information content (AvgIpc) is 3.14. The maximum Gasteiger partial charge on any atom is 0.143 e. The predicted octanol–water partition coefficient (Wildman–Crippen LogP) is 3.68. The third-order valence-corrected chi connectivity index (χ3v) is 4.90. The van der Waals surface area contributed by atoms with Gasteiger partial charge < -0.3 is 0 Å². The summed E-state index contributed by atoms with van der Waals surface area (Å²) < 4.78 is 0. The number of hydrogen-bond donors (Lipinski definition) is 0. The Labute approximate surface area is 117 Å². The average molecular weight is 271 g/mol. The molecule has 1 heterocycles. The molecule has 3 heteroatoms. The van der Waals surface area contributed by atoms with Crippen LogP contribution in [0.5, 0.6) is 0 Å². The van der Waals surface area contributed by atoms with Crippen molar-refractivity contribution in [3.8, 4) is 0 Å². The molecular formula is C16H17NOS. The van der Waals surface area contributed by atoms with Crippen LogP contribution in [0, 0.1) is 19.8 Å². The molecule has 1 aliphatic carbocycles. The van der Waals surface area contributed by atoms with Crippen LogP contribution in [-0.4, -0.2) is 10.8 Å². The van der Waals surface area contributed by atoms with E-state index in [4.69, 9.17) is 0 Å². The Morgan fingerprint density at radius 2 is 2.05 bits per heavy atom. The lowest BCUT2D eigenvalue weighted by atomic mass is 10.1. The highest BCUT2D eigenvalue weighted by molar-refractivity contribution is 7.11. The molecular weight excluding hydrogens is 254 g/mol. The van der Waals surface area contributed by atoms with Gasteiger partial charge in [-0.15, -0.1) is 11.3 Å². The topological polar surface area (TPSA) is 30.0 Å². The maximum atomic E-state index is 12.2. The molecule has 1 fully saturated rings. The fraction of sp³-hybridized carbons (Fsp3) is 0.375. The van der Waals surface area contributed by atoms with Crippen molar-refractivity contribution >= 4 is 17.1 Å². The highest BCUT2D eigenvalue weighted by atomic mass is 32.1. The minimum absolute atomic E-state index is 0.215. The largest absolute Gasteiger partial charge is 0.299 e. The van der Waals surface area contributed by atoms with Gasteiger partial charge in [0.2, 0.25) is 0 Å². The van der Waals surface area contributed by atoms with Crippen molar-refractivity contribution in [1.82, 2.24) is 4.98 Å². The standard InChI is InChI=1S/C16H17NOS/c1-10-11(2)19-16(17-10)9-15(18)14-8-13(14)12-6-4-3-5-7-12/h3-7,13-14H,8-9H2,1-2H3. The fourth-order valence-electron chi connectivity index (χ4n) is 2.51. The lowest BCUT2D eigenvalue weighted by molar-refractivity contribution is -0.119. The van der Waals surface area contributed by atoms with Gasteiger partial charge in [0.05, 0.1) is 12.1 Å². The van der Waals surface area contributed by atoms with E-state index in [9.17, 15) is 4.79 Å². The minimum Gasteiger partial charge on any atom is -0.299 e. The molecule has 2 aromatic rings. The van der Waals surface area contributed by atoms with E-state index < -0.39 is 0 Å². The van der Waals surface area contributed by atoms with Crippen LogP contribution in [-0.2, 0) is 11.2 Å². The second-order valence-corrected chi connectivity index (χ2v) is 6.54. The number of nitrogens with zero attached hydrogens (tertiary/aromatic N) is 1. The summed E-state index contributed by atoms with van der Waals surface area (Å²) in [5.41, 5.74) is 2.36. The zero-order valence-electron chi connectivity index (χ0n) is 11.2. The van der Waals surface area contributed by atoms with E-state index in [2.05, 4.69) is 24.0 Å². The molecule has 0 bridgehead atoms. The number of ketones is 1. The summed E-state index contributed by atoms with van der Waals surface area (Å²) in [6.45, 7) is 4.06. The molecule has 2 unspecified atom stereocenters. The molecule has 1 saturated carbocycles. The summed E-state index contributed by atoms with van der Waals surface area (Å²) in [7, 11) is 0. The van der Waals surface area contributed by atoms with Crippen molar-refractivity contribution in [3.63, 3.8) is 0 Å². The molecule has 0 radical (unpaired) electrons. The summed E-state index contributed by atoms with van der Waals surface area (Å²) in [6.07, 6.45) is 1.51. The Morgan fingerprint density at radius 3 is 2.68 bits per heavy atom. The SMILES string of the molecule is Cc1nc(CC(=O)C2CC2c2ccccc2)sc1C. The second-order valence-electron chi connectivity index (χ2n) is 5.25. The van der Waals surface area contributed by atoms with Crippen LogP contribution in [0.3, 0.4) is 0 Å². The van der Waals surface area contributed by atoms with Crippen LogP contribution in [0.15, 0.2) is 30.3 Å². The molecule has 2 atom stereocenters. The van der Waals surface area contributed by atoms with Gasteiger partial charge in [0.15, 0.2) is 0 Å².